The Kier molecular flexibility index (Phi) is 6.15. The van der Waals surface area contributed by atoms with Crippen LogP contribution in [0.1, 0.15) is 22.8 Å². The number of ether oxygens (including phenoxy) is 1. The third kappa shape index (κ3) is 4.97. The third-order valence-electron chi connectivity index (χ3n) is 3.48. The van der Waals surface area contributed by atoms with Crippen molar-refractivity contribution in [1.82, 2.24) is 5.32 Å². The standard InChI is InChI=1S/C18H16N2O6/c1-12(21)16(18(23)26-11-13-5-3-2-4-6-13)19-17(22)14-7-9-15(10-8-14)20(24)25/h2-10,16H,11H2,1H3,(H,19,22). The Hall–Kier alpha value is -3.55. The van der Waals surface area contributed by atoms with E-state index in [2.05, 4.69) is 5.32 Å². The van der Waals surface area contributed by atoms with Gasteiger partial charge in [0, 0.05) is 17.7 Å². The van der Waals surface area contributed by atoms with Gasteiger partial charge in [-0.1, -0.05) is 30.3 Å². The van der Waals surface area contributed by atoms with Gasteiger partial charge in [0.25, 0.3) is 11.6 Å². The molecule has 0 spiro atoms. The predicted octanol–water partition coefficient (Wildman–Crippen LogP) is 2.03. The lowest BCUT2D eigenvalue weighted by molar-refractivity contribution is -0.384. The Morgan fingerprint density at radius 2 is 1.69 bits per heavy atom. The maximum Gasteiger partial charge on any atom is 0.336 e. The van der Waals surface area contributed by atoms with Crippen LogP contribution in [-0.4, -0.2) is 28.6 Å². The second-order valence-electron chi connectivity index (χ2n) is 5.41. The van der Waals surface area contributed by atoms with Crippen molar-refractivity contribution in [1.29, 1.82) is 0 Å². The number of benzene rings is 2. The summed E-state index contributed by atoms with van der Waals surface area (Å²) in [5.74, 6) is -2.17. The van der Waals surface area contributed by atoms with Gasteiger partial charge in [-0.05, 0) is 24.6 Å². The van der Waals surface area contributed by atoms with Crippen molar-refractivity contribution in [3.8, 4) is 0 Å². The van der Waals surface area contributed by atoms with Crippen molar-refractivity contribution in [2.24, 2.45) is 0 Å². The Labute approximate surface area is 148 Å². The number of ketones is 1. The highest BCUT2D eigenvalue weighted by molar-refractivity contribution is 6.07. The molecule has 1 N–H and O–H groups in total. The van der Waals surface area contributed by atoms with Gasteiger partial charge in [-0.25, -0.2) is 4.79 Å². The molecule has 8 nitrogen and oxygen atoms in total. The van der Waals surface area contributed by atoms with Gasteiger partial charge in [0.15, 0.2) is 11.8 Å². The summed E-state index contributed by atoms with van der Waals surface area (Å²) in [5.41, 5.74) is 0.648. The van der Waals surface area contributed by atoms with Gasteiger partial charge in [-0.2, -0.15) is 0 Å². The Morgan fingerprint density at radius 3 is 2.23 bits per heavy atom. The Bertz CT molecular complexity index is 817. The molecular formula is C18H16N2O6. The average Bonchev–Trinajstić information content (AvgIpc) is 2.64. The number of rotatable bonds is 7. The lowest BCUT2D eigenvalue weighted by Gasteiger charge is -2.15. The van der Waals surface area contributed by atoms with Gasteiger partial charge in [0.1, 0.15) is 6.61 Å². The number of nitro groups is 1. The number of hydrogen-bond donors (Lipinski definition) is 1. The Balaban J connectivity index is 2.02. The fourth-order valence-electron chi connectivity index (χ4n) is 2.09. The summed E-state index contributed by atoms with van der Waals surface area (Å²) >= 11 is 0. The van der Waals surface area contributed by atoms with Crippen LogP contribution in [0.5, 0.6) is 0 Å². The van der Waals surface area contributed by atoms with Crippen LogP contribution >= 0.6 is 0 Å². The second kappa shape index (κ2) is 8.52. The van der Waals surface area contributed by atoms with Crippen LogP contribution in [0.3, 0.4) is 0 Å². The molecule has 8 heteroatoms. The average molecular weight is 356 g/mol. The molecule has 0 saturated heterocycles. The molecule has 26 heavy (non-hydrogen) atoms. The molecule has 0 bridgehead atoms. The zero-order valence-corrected chi connectivity index (χ0v) is 13.9. The summed E-state index contributed by atoms with van der Waals surface area (Å²) in [4.78, 5) is 46.0. The van der Waals surface area contributed by atoms with Crippen LogP contribution in [0.25, 0.3) is 0 Å². The first-order valence-electron chi connectivity index (χ1n) is 7.65. The topological polar surface area (TPSA) is 116 Å². The highest BCUT2D eigenvalue weighted by Gasteiger charge is 2.27. The van der Waals surface area contributed by atoms with E-state index in [1.54, 1.807) is 24.3 Å². The number of esters is 1. The number of carbonyl (C=O) groups is 3. The quantitative estimate of drug-likeness (QED) is 0.351. The van der Waals surface area contributed by atoms with Crippen molar-refractivity contribution in [2.45, 2.75) is 19.6 Å². The molecule has 2 aromatic carbocycles. The van der Waals surface area contributed by atoms with Crippen LogP contribution < -0.4 is 5.32 Å². The highest BCUT2D eigenvalue weighted by atomic mass is 16.6. The molecular weight excluding hydrogens is 340 g/mol. The van der Waals surface area contributed by atoms with Gasteiger partial charge in [-0.15, -0.1) is 0 Å². The number of nitrogens with one attached hydrogen (secondary N) is 1. The molecule has 1 atom stereocenters. The number of non-ortho nitro benzene ring substituents is 1. The molecule has 0 radical (unpaired) electrons. The molecule has 0 saturated carbocycles. The summed E-state index contributed by atoms with van der Waals surface area (Å²) < 4.78 is 5.08. The van der Waals surface area contributed by atoms with Crippen LogP contribution in [0.4, 0.5) is 5.69 Å². The van der Waals surface area contributed by atoms with Gasteiger partial charge in [-0.3, -0.25) is 19.7 Å². The predicted molar refractivity (Wildman–Crippen MR) is 91.3 cm³/mol. The van der Waals surface area contributed by atoms with Crippen molar-refractivity contribution < 1.29 is 24.0 Å². The van der Waals surface area contributed by atoms with Crippen molar-refractivity contribution >= 4 is 23.3 Å². The zero-order valence-electron chi connectivity index (χ0n) is 13.9. The molecule has 0 heterocycles. The first kappa shape index (κ1) is 18.8. The minimum absolute atomic E-state index is 0.0309. The minimum Gasteiger partial charge on any atom is -0.459 e. The van der Waals surface area contributed by atoms with Crippen molar-refractivity contribution in [3.63, 3.8) is 0 Å². The van der Waals surface area contributed by atoms with E-state index in [4.69, 9.17) is 4.74 Å². The SMILES string of the molecule is CC(=O)C(NC(=O)c1ccc([N+](=O)[O-])cc1)C(=O)OCc1ccccc1. The van der Waals surface area contributed by atoms with Crippen molar-refractivity contribution in [2.75, 3.05) is 0 Å². The number of Topliss-reactive ketones (excluding diaryl/α,β-unsaturated/α-hetero) is 1. The monoisotopic (exact) mass is 356 g/mol. The summed E-state index contributed by atoms with van der Waals surface area (Å²) in [7, 11) is 0. The molecule has 2 rings (SSSR count). The van der Waals surface area contributed by atoms with E-state index in [1.165, 1.54) is 12.1 Å². The molecule has 134 valence electrons. The van der Waals surface area contributed by atoms with Crippen LogP contribution in [0.15, 0.2) is 54.6 Å². The summed E-state index contributed by atoms with van der Waals surface area (Å²) in [5, 5.41) is 12.9. The minimum atomic E-state index is -1.46. The summed E-state index contributed by atoms with van der Waals surface area (Å²) in [6.07, 6.45) is 0. The maximum atomic E-state index is 12.2. The summed E-state index contributed by atoms with van der Waals surface area (Å²) in [6, 6.07) is 12.2. The first-order valence-corrected chi connectivity index (χ1v) is 7.65. The molecule has 0 aliphatic carbocycles. The number of carbonyl (C=O) groups excluding carboxylic acids is 3. The van der Waals surface area contributed by atoms with E-state index in [9.17, 15) is 24.5 Å². The molecule has 2 aromatic rings. The number of hydrogen-bond acceptors (Lipinski definition) is 6. The van der Waals surface area contributed by atoms with Gasteiger partial charge >= 0.3 is 5.97 Å². The van der Waals surface area contributed by atoms with Crippen LogP contribution in [-0.2, 0) is 20.9 Å². The van der Waals surface area contributed by atoms with Gasteiger partial charge < -0.3 is 10.1 Å². The number of nitrogens with zero attached hydrogens (tertiary/aromatic N) is 1. The largest absolute Gasteiger partial charge is 0.459 e. The normalized spacial score (nSPS) is 11.3. The van der Waals surface area contributed by atoms with E-state index >= 15 is 0 Å². The van der Waals surface area contributed by atoms with Crippen LogP contribution in [0.2, 0.25) is 0 Å². The molecule has 0 aliphatic rings. The molecule has 0 fully saturated rings. The fraction of sp³-hybridized carbons (Fsp3) is 0.167. The number of nitro benzene ring substituents is 1. The lowest BCUT2D eigenvalue weighted by atomic mass is 10.1. The Morgan fingerprint density at radius 1 is 1.08 bits per heavy atom. The van der Waals surface area contributed by atoms with E-state index in [0.29, 0.717) is 0 Å². The second-order valence-corrected chi connectivity index (χ2v) is 5.41. The molecule has 1 unspecified atom stereocenters. The maximum absolute atomic E-state index is 12.2. The fourth-order valence-corrected chi connectivity index (χ4v) is 2.09. The highest BCUT2D eigenvalue weighted by Crippen LogP contribution is 2.12. The van der Waals surface area contributed by atoms with E-state index in [0.717, 1.165) is 24.6 Å². The number of amides is 1. The molecule has 0 aromatic heterocycles. The molecule has 0 aliphatic heterocycles. The first-order chi connectivity index (χ1) is 12.4. The molecule has 1 amide bonds. The summed E-state index contributed by atoms with van der Waals surface area (Å²) in [6.45, 7) is 1.13. The smallest absolute Gasteiger partial charge is 0.336 e. The lowest BCUT2D eigenvalue weighted by Crippen LogP contribution is -2.46. The third-order valence-corrected chi connectivity index (χ3v) is 3.48. The van der Waals surface area contributed by atoms with Crippen LogP contribution in [0, 0.1) is 10.1 Å². The van der Waals surface area contributed by atoms with Crippen molar-refractivity contribution in [3.05, 3.63) is 75.8 Å². The van der Waals surface area contributed by atoms with E-state index in [1.807, 2.05) is 6.07 Å². The zero-order chi connectivity index (χ0) is 19.1. The van der Waals surface area contributed by atoms with E-state index < -0.39 is 28.6 Å². The van der Waals surface area contributed by atoms with E-state index in [-0.39, 0.29) is 17.9 Å². The van der Waals surface area contributed by atoms with Gasteiger partial charge in [0.05, 0.1) is 4.92 Å². The van der Waals surface area contributed by atoms with Gasteiger partial charge in [0.2, 0.25) is 0 Å².